The SMILES string of the molecule is CC(C)N(C(=O)c1ccc[n+]([O-])c1)C(C)C. The van der Waals surface area contributed by atoms with Crippen LogP contribution in [0.4, 0.5) is 0 Å². The molecule has 1 aromatic heterocycles. The van der Waals surface area contributed by atoms with Gasteiger partial charge in [-0.1, -0.05) is 0 Å². The van der Waals surface area contributed by atoms with Gasteiger partial charge in [0, 0.05) is 18.2 Å². The molecule has 1 heterocycles. The molecule has 0 fully saturated rings. The minimum Gasteiger partial charge on any atom is -0.619 e. The highest BCUT2D eigenvalue weighted by Crippen LogP contribution is 2.10. The quantitative estimate of drug-likeness (QED) is 0.576. The first-order valence-corrected chi connectivity index (χ1v) is 5.45. The van der Waals surface area contributed by atoms with E-state index in [1.807, 2.05) is 27.7 Å². The van der Waals surface area contributed by atoms with E-state index in [0.717, 1.165) is 0 Å². The first-order chi connectivity index (χ1) is 7.43. The molecule has 0 aliphatic carbocycles. The number of carbonyl (C=O) groups is 1. The number of carbonyl (C=O) groups excluding carboxylic acids is 1. The van der Waals surface area contributed by atoms with Gasteiger partial charge in [-0.3, -0.25) is 4.79 Å². The summed E-state index contributed by atoms with van der Waals surface area (Å²) >= 11 is 0. The van der Waals surface area contributed by atoms with Crippen LogP contribution in [0.2, 0.25) is 0 Å². The highest BCUT2D eigenvalue weighted by atomic mass is 16.5. The molecule has 0 radical (unpaired) electrons. The molecule has 0 spiro atoms. The van der Waals surface area contributed by atoms with E-state index in [-0.39, 0.29) is 18.0 Å². The van der Waals surface area contributed by atoms with E-state index in [4.69, 9.17) is 0 Å². The second-order valence-electron chi connectivity index (χ2n) is 4.35. The van der Waals surface area contributed by atoms with Crippen LogP contribution in [0.1, 0.15) is 38.1 Å². The highest BCUT2D eigenvalue weighted by molar-refractivity contribution is 5.94. The molecule has 0 aliphatic heterocycles. The molecule has 0 aromatic carbocycles. The molecular weight excluding hydrogens is 204 g/mol. The van der Waals surface area contributed by atoms with E-state index >= 15 is 0 Å². The Hall–Kier alpha value is -1.58. The van der Waals surface area contributed by atoms with Crippen molar-refractivity contribution in [1.82, 2.24) is 4.90 Å². The minimum atomic E-state index is -0.102. The molecule has 1 amide bonds. The number of pyridine rings is 1. The summed E-state index contributed by atoms with van der Waals surface area (Å²) in [5.74, 6) is -0.102. The van der Waals surface area contributed by atoms with Gasteiger partial charge in [0.15, 0.2) is 12.4 Å². The van der Waals surface area contributed by atoms with E-state index < -0.39 is 0 Å². The molecule has 0 unspecified atom stereocenters. The molecule has 0 N–H and O–H groups in total. The molecule has 0 bridgehead atoms. The fraction of sp³-hybridized carbons (Fsp3) is 0.500. The van der Waals surface area contributed by atoms with E-state index in [0.29, 0.717) is 10.3 Å². The average Bonchev–Trinajstić information content (AvgIpc) is 2.16. The maximum atomic E-state index is 12.2. The number of aromatic nitrogens is 1. The number of nitrogens with zero attached hydrogens (tertiary/aromatic N) is 2. The van der Waals surface area contributed by atoms with Crippen molar-refractivity contribution in [3.05, 3.63) is 35.3 Å². The Balaban J connectivity index is 2.99. The standard InChI is InChI=1S/C12H18N2O2/c1-9(2)14(10(3)4)12(15)11-6-5-7-13(16)8-11/h5-10H,1-4H3. The Kier molecular flexibility index (Phi) is 3.88. The Bertz CT molecular complexity index is 367. The van der Waals surface area contributed by atoms with Crippen molar-refractivity contribution in [2.45, 2.75) is 39.8 Å². The molecule has 0 atom stereocenters. The van der Waals surface area contributed by atoms with Crippen LogP contribution in [-0.2, 0) is 0 Å². The molecule has 1 rings (SSSR count). The van der Waals surface area contributed by atoms with Crippen LogP contribution in [-0.4, -0.2) is 22.9 Å². The average molecular weight is 222 g/mol. The highest BCUT2D eigenvalue weighted by Gasteiger charge is 2.22. The third kappa shape index (κ3) is 2.72. The lowest BCUT2D eigenvalue weighted by atomic mass is 10.1. The van der Waals surface area contributed by atoms with Gasteiger partial charge in [0.05, 0.1) is 0 Å². The van der Waals surface area contributed by atoms with Crippen molar-refractivity contribution >= 4 is 5.91 Å². The molecule has 16 heavy (non-hydrogen) atoms. The van der Waals surface area contributed by atoms with Crippen LogP contribution in [0.5, 0.6) is 0 Å². The lowest BCUT2D eigenvalue weighted by Gasteiger charge is -2.30. The summed E-state index contributed by atoms with van der Waals surface area (Å²) < 4.78 is 0.645. The monoisotopic (exact) mass is 222 g/mol. The summed E-state index contributed by atoms with van der Waals surface area (Å²) in [5, 5.41) is 11.1. The lowest BCUT2D eigenvalue weighted by molar-refractivity contribution is -0.605. The summed E-state index contributed by atoms with van der Waals surface area (Å²) in [6.07, 6.45) is 2.67. The van der Waals surface area contributed by atoms with Crippen molar-refractivity contribution in [1.29, 1.82) is 0 Å². The van der Waals surface area contributed by atoms with Crippen LogP contribution in [0.25, 0.3) is 0 Å². The molecule has 0 aliphatic rings. The molecule has 4 heteroatoms. The maximum Gasteiger partial charge on any atom is 0.260 e. The number of amides is 1. The van der Waals surface area contributed by atoms with Crippen molar-refractivity contribution < 1.29 is 9.52 Å². The summed E-state index contributed by atoms with van der Waals surface area (Å²) in [4.78, 5) is 13.9. The zero-order valence-corrected chi connectivity index (χ0v) is 10.2. The Morgan fingerprint density at radius 1 is 1.31 bits per heavy atom. The van der Waals surface area contributed by atoms with Gasteiger partial charge in [-0.05, 0) is 33.8 Å². The first kappa shape index (κ1) is 12.5. The first-order valence-electron chi connectivity index (χ1n) is 5.45. The summed E-state index contributed by atoms with van der Waals surface area (Å²) in [7, 11) is 0. The van der Waals surface area contributed by atoms with Gasteiger partial charge >= 0.3 is 0 Å². The van der Waals surface area contributed by atoms with E-state index in [2.05, 4.69) is 0 Å². The van der Waals surface area contributed by atoms with Gasteiger partial charge in [-0.2, -0.15) is 4.73 Å². The van der Waals surface area contributed by atoms with Gasteiger partial charge in [0.2, 0.25) is 0 Å². The second kappa shape index (κ2) is 4.96. The van der Waals surface area contributed by atoms with Crippen LogP contribution < -0.4 is 4.73 Å². The number of rotatable bonds is 3. The predicted octanol–water partition coefficient (Wildman–Crippen LogP) is 1.58. The Morgan fingerprint density at radius 3 is 2.31 bits per heavy atom. The maximum absolute atomic E-state index is 12.2. The molecule has 1 aromatic rings. The molecule has 0 saturated heterocycles. The van der Waals surface area contributed by atoms with Crippen molar-refractivity contribution in [3.63, 3.8) is 0 Å². The summed E-state index contributed by atoms with van der Waals surface area (Å²) in [6, 6.07) is 3.48. The Morgan fingerprint density at radius 2 is 1.88 bits per heavy atom. The van der Waals surface area contributed by atoms with E-state index in [1.165, 1.54) is 12.4 Å². The van der Waals surface area contributed by atoms with Crippen LogP contribution in [0, 0.1) is 5.21 Å². The van der Waals surface area contributed by atoms with E-state index in [9.17, 15) is 10.0 Å². The fourth-order valence-corrected chi connectivity index (χ4v) is 1.80. The third-order valence-corrected chi connectivity index (χ3v) is 2.37. The van der Waals surface area contributed by atoms with Crippen molar-refractivity contribution in [3.8, 4) is 0 Å². The largest absolute Gasteiger partial charge is 0.619 e. The minimum absolute atomic E-state index is 0.102. The van der Waals surface area contributed by atoms with Gasteiger partial charge in [-0.15, -0.1) is 0 Å². The normalized spacial score (nSPS) is 10.9. The number of hydrogen-bond acceptors (Lipinski definition) is 2. The zero-order valence-electron chi connectivity index (χ0n) is 10.2. The second-order valence-corrected chi connectivity index (χ2v) is 4.35. The smallest absolute Gasteiger partial charge is 0.260 e. The van der Waals surface area contributed by atoms with Crippen LogP contribution in [0.15, 0.2) is 24.5 Å². The van der Waals surface area contributed by atoms with Crippen LogP contribution >= 0.6 is 0 Å². The summed E-state index contributed by atoms with van der Waals surface area (Å²) in [5.41, 5.74) is 0.430. The summed E-state index contributed by atoms with van der Waals surface area (Å²) in [6.45, 7) is 7.86. The predicted molar refractivity (Wildman–Crippen MR) is 61.8 cm³/mol. The molecule has 4 nitrogen and oxygen atoms in total. The van der Waals surface area contributed by atoms with Gasteiger partial charge in [-0.25, -0.2) is 0 Å². The Labute approximate surface area is 96.1 Å². The van der Waals surface area contributed by atoms with Gasteiger partial charge in [0.25, 0.3) is 5.91 Å². The van der Waals surface area contributed by atoms with Crippen molar-refractivity contribution in [2.75, 3.05) is 0 Å². The number of hydrogen-bond donors (Lipinski definition) is 0. The fourth-order valence-electron chi connectivity index (χ4n) is 1.80. The van der Waals surface area contributed by atoms with Gasteiger partial charge in [0.1, 0.15) is 5.56 Å². The van der Waals surface area contributed by atoms with Gasteiger partial charge < -0.3 is 10.1 Å². The molecule has 0 saturated carbocycles. The zero-order chi connectivity index (χ0) is 12.3. The lowest BCUT2D eigenvalue weighted by Crippen LogP contribution is -2.42. The molecule has 88 valence electrons. The third-order valence-electron chi connectivity index (χ3n) is 2.37. The van der Waals surface area contributed by atoms with Crippen molar-refractivity contribution in [2.24, 2.45) is 0 Å². The molecular formula is C12H18N2O2. The van der Waals surface area contributed by atoms with Crippen LogP contribution in [0.3, 0.4) is 0 Å². The topological polar surface area (TPSA) is 47.2 Å². The van der Waals surface area contributed by atoms with E-state index in [1.54, 1.807) is 17.0 Å².